The lowest BCUT2D eigenvalue weighted by atomic mass is 10.1. The zero-order valence-electron chi connectivity index (χ0n) is 11.7. The number of halogens is 3. The van der Waals surface area contributed by atoms with Gasteiger partial charge in [-0.1, -0.05) is 0 Å². The van der Waals surface area contributed by atoms with E-state index in [4.69, 9.17) is 10.00 Å². The Hall–Kier alpha value is -1.77. The molecule has 6 nitrogen and oxygen atoms in total. The van der Waals surface area contributed by atoms with Gasteiger partial charge in [-0.3, -0.25) is 14.1 Å². The van der Waals surface area contributed by atoms with Gasteiger partial charge in [0.2, 0.25) is 0 Å². The molecule has 2 aromatic rings. The van der Waals surface area contributed by atoms with Gasteiger partial charge in [0.15, 0.2) is 6.10 Å². The predicted molar refractivity (Wildman–Crippen MR) is 84.2 cm³/mol. The zero-order chi connectivity index (χ0) is 17.7. The fourth-order valence-electron chi connectivity index (χ4n) is 2.27. The number of pyridine rings is 1. The molecule has 3 rings (SSSR count). The number of aliphatic hydroxyl groups excluding tert-OH is 1. The third-order valence-electron chi connectivity index (χ3n) is 3.45. The van der Waals surface area contributed by atoms with E-state index in [-0.39, 0.29) is 27.1 Å². The van der Waals surface area contributed by atoms with Crippen molar-refractivity contribution in [1.29, 1.82) is 5.26 Å². The lowest BCUT2D eigenvalue weighted by Gasteiger charge is -2.34. The maximum Gasteiger partial charge on any atom is 0.371 e. The van der Waals surface area contributed by atoms with E-state index in [0.29, 0.717) is 0 Å². The number of fused-ring (bicyclic) bond motifs is 1. The maximum absolute atomic E-state index is 13.9. The van der Waals surface area contributed by atoms with E-state index >= 15 is 0 Å². The molecule has 0 bridgehead atoms. The summed E-state index contributed by atoms with van der Waals surface area (Å²) in [5.74, 6) is 0.234. The van der Waals surface area contributed by atoms with Gasteiger partial charge in [-0.05, 0) is 28.1 Å². The van der Waals surface area contributed by atoms with E-state index in [0.717, 1.165) is 6.07 Å². The van der Waals surface area contributed by atoms with Crippen LogP contribution in [0.4, 0.5) is 8.78 Å². The molecule has 0 amide bonds. The molecule has 0 spiro atoms. The van der Waals surface area contributed by atoms with Crippen molar-refractivity contribution in [3.63, 3.8) is 0 Å². The van der Waals surface area contributed by atoms with E-state index in [1.165, 1.54) is 24.5 Å². The summed E-state index contributed by atoms with van der Waals surface area (Å²) in [4.78, 5) is 3.37. The number of aliphatic hydroxyl groups is 1. The molecule has 1 unspecified atom stereocenters. The second kappa shape index (κ2) is 5.65. The molecule has 0 saturated carbocycles. The van der Waals surface area contributed by atoms with Crippen molar-refractivity contribution in [3.05, 3.63) is 46.2 Å². The average Bonchev–Trinajstić information content (AvgIpc) is 2.68. The summed E-state index contributed by atoms with van der Waals surface area (Å²) >= 11 is 3.06. The average molecular weight is 419 g/mol. The number of aromatic nitrogens is 1. The van der Waals surface area contributed by atoms with Gasteiger partial charge in [0.05, 0.1) is 21.1 Å². The lowest BCUT2D eigenvalue weighted by molar-refractivity contribution is -0.0436. The van der Waals surface area contributed by atoms with E-state index < -0.39 is 26.8 Å². The van der Waals surface area contributed by atoms with Crippen LogP contribution in [0.25, 0.3) is 0 Å². The van der Waals surface area contributed by atoms with Crippen LogP contribution in [0.15, 0.2) is 40.0 Å². The Labute approximate surface area is 144 Å². The smallest absolute Gasteiger partial charge is 0.371 e. The summed E-state index contributed by atoms with van der Waals surface area (Å²) in [6, 6.07) is 5.60. The van der Waals surface area contributed by atoms with Gasteiger partial charge in [0.25, 0.3) is 0 Å². The number of hydrogen-bond donors (Lipinski definition) is 3. The van der Waals surface area contributed by atoms with E-state index in [2.05, 4.69) is 20.9 Å². The normalized spacial score (nSPS) is 21.6. The summed E-state index contributed by atoms with van der Waals surface area (Å²) in [5.41, 5.74) is -0.104. The molecule has 3 N–H and O–H groups in total. The molecule has 0 saturated heterocycles. The van der Waals surface area contributed by atoms with Crippen molar-refractivity contribution in [2.45, 2.75) is 16.3 Å². The summed E-state index contributed by atoms with van der Waals surface area (Å²) in [5, 5.41) is 14.5. The van der Waals surface area contributed by atoms with Crippen LogP contribution in [-0.2, 0) is 0 Å². The molecule has 1 aromatic carbocycles. The van der Waals surface area contributed by atoms with Crippen molar-refractivity contribution in [2.75, 3.05) is 0 Å². The molecule has 10 heteroatoms. The molecule has 0 radical (unpaired) electrons. The van der Waals surface area contributed by atoms with Crippen LogP contribution < -0.4 is 4.74 Å². The van der Waals surface area contributed by atoms with Crippen LogP contribution in [0.3, 0.4) is 0 Å². The number of alkyl halides is 2. The second-order valence-electron chi connectivity index (χ2n) is 4.93. The molecule has 126 valence electrons. The number of nitrogens with zero attached hydrogens (tertiary/aromatic N) is 2. The molecule has 2 heterocycles. The van der Waals surface area contributed by atoms with Gasteiger partial charge < -0.3 is 9.84 Å². The molecule has 1 aliphatic rings. The Balaban J connectivity index is 2.06. The highest BCUT2D eigenvalue weighted by Crippen LogP contribution is 2.73. The summed E-state index contributed by atoms with van der Waals surface area (Å²) in [6.07, 6.45) is 0.252. The lowest BCUT2D eigenvalue weighted by Crippen LogP contribution is -2.26. The minimum absolute atomic E-state index is 0.0352. The van der Waals surface area contributed by atoms with Gasteiger partial charge in [0, 0.05) is 17.8 Å². The molecule has 1 aromatic heterocycles. The van der Waals surface area contributed by atoms with Gasteiger partial charge in [-0.15, -0.1) is 10.6 Å². The van der Waals surface area contributed by atoms with Crippen LogP contribution in [0.2, 0.25) is 0 Å². The second-order valence-corrected chi connectivity index (χ2v) is 7.80. The zero-order valence-corrected chi connectivity index (χ0v) is 14.1. The first-order chi connectivity index (χ1) is 11.2. The van der Waals surface area contributed by atoms with Gasteiger partial charge in [-0.25, -0.2) is 0 Å². The number of ether oxygens (including phenoxy) is 1. The van der Waals surface area contributed by atoms with E-state index in [9.17, 15) is 23.0 Å². The number of benzene rings is 1. The Morgan fingerprint density at radius 3 is 2.71 bits per heavy atom. The van der Waals surface area contributed by atoms with Crippen molar-refractivity contribution in [1.82, 2.24) is 4.98 Å². The van der Waals surface area contributed by atoms with Crippen LogP contribution in [0.1, 0.15) is 17.2 Å². The summed E-state index contributed by atoms with van der Waals surface area (Å²) < 4.78 is 52.8. The van der Waals surface area contributed by atoms with E-state index in [1.807, 2.05) is 6.07 Å². The highest BCUT2D eigenvalue weighted by Gasteiger charge is 2.61. The largest absolute Gasteiger partial charge is 0.455 e. The fourth-order valence-corrected chi connectivity index (χ4v) is 4.55. The first-order valence-electron chi connectivity index (χ1n) is 6.39. The summed E-state index contributed by atoms with van der Waals surface area (Å²) in [6.45, 7) is 0. The Kier molecular flexibility index (Phi) is 4.01. The Bertz CT molecular complexity index is 872. The van der Waals surface area contributed by atoms with Gasteiger partial charge in [0.1, 0.15) is 17.6 Å². The molecule has 1 aliphatic heterocycles. The van der Waals surface area contributed by atoms with Crippen LogP contribution in [0, 0.1) is 11.3 Å². The van der Waals surface area contributed by atoms with Crippen molar-refractivity contribution >= 4 is 26.5 Å². The van der Waals surface area contributed by atoms with Gasteiger partial charge in [-0.2, -0.15) is 14.0 Å². The van der Waals surface area contributed by atoms with Crippen molar-refractivity contribution in [2.24, 2.45) is 0 Å². The number of rotatable bonds is 2. The molecule has 24 heavy (non-hydrogen) atoms. The third-order valence-corrected chi connectivity index (χ3v) is 6.22. The molecule has 1 atom stereocenters. The Morgan fingerprint density at radius 2 is 2.04 bits per heavy atom. The minimum Gasteiger partial charge on any atom is -0.455 e. The first kappa shape index (κ1) is 17.1. The minimum atomic E-state index is -4.48. The number of hydrogen-bond acceptors (Lipinski definition) is 6. The predicted octanol–water partition coefficient (Wildman–Crippen LogP) is 4.26. The molecule has 0 aliphatic carbocycles. The fraction of sp³-hybridized carbons (Fsp3) is 0.143. The van der Waals surface area contributed by atoms with E-state index in [1.54, 1.807) is 0 Å². The SMILES string of the molecule is N#Cc1cncc(Oc2ccc3c(c2Br)C(O)C(F)(F)S3(O)O)c1. The maximum atomic E-state index is 13.9. The van der Waals surface area contributed by atoms with Gasteiger partial charge >= 0.3 is 5.25 Å². The van der Waals surface area contributed by atoms with Crippen LogP contribution in [0.5, 0.6) is 11.5 Å². The number of nitriles is 1. The summed E-state index contributed by atoms with van der Waals surface area (Å²) in [7, 11) is -4.48. The topological polar surface area (TPSA) is 107 Å². The van der Waals surface area contributed by atoms with Crippen LogP contribution >= 0.6 is 26.5 Å². The molecular formula is C14H9BrF2N2O4S. The highest BCUT2D eigenvalue weighted by molar-refractivity contribution is 9.10. The first-order valence-corrected chi connectivity index (χ1v) is 8.73. The standard InChI is InChI=1S/C14H9BrF2N2O4S/c15-12-9(23-8-3-7(4-18)5-19-6-8)1-2-10-11(12)13(20)14(16,17)24(10,21)22/h1-3,5-6,13,20-22H. The Morgan fingerprint density at radius 1 is 1.33 bits per heavy atom. The third kappa shape index (κ3) is 2.37. The molecular weight excluding hydrogens is 410 g/mol. The quantitative estimate of drug-likeness (QED) is 0.672. The molecule has 0 fully saturated rings. The van der Waals surface area contributed by atoms with Crippen LogP contribution in [-0.4, -0.2) is 24.5 Å². The van der Waals surface area contributed by atoms with Crippen molar-refractivity contribution < 1.29 is 27.7 Å². The highest BCUT2D eigenvalue weighted by atomic mass is 79.9. The monoisotopic (exact) mass is 418 g/mol. The van der Waals surface area contributed by atoms with Crippen molar-refractivity contribution in [3.8, 4) is 17.6 Å².